The molecule has 2 rings (SSSR count). The third-order valence-electron chi connectivity index (χ3n) is 3.02. The van der Waals surface area contributed by atoms with Crippen molar-refractivity contribution in [2.75, 3.05) is 44.9 Å². The molecule has 2 heterocycles. The average molecular weight is 285 g/mol. The first-order valence-electron chi connectivity index (χ1n) is 6.64. The zero-order valence-electron chi connectivity index (χ0n) is 11.9. The maximum Gasteiger partial charge on any atom is 0.185 e. The average Bonchev–Trinajstić information content (AvgIpc) is 2.82. The molecule has 0 radical (unpaired) electrons. The van der Waals surface area contributed by atoms with Crippen LogP contribution in [0.15, 0.2) is 5.38 Å². The summed E-state index contributed by atoms with van der Waals surface area (Å²) in [5.41, 5.74) is 1.02. The van der Waals surface area contributed by atoms with E-state index in [1.165, 1.54) is 0 Å². The Morgan fingerprint density at radius 2 is 2.42 bits per heavy atom. The highest BCUT2D eigenvalue weighted by molar-refractivity contribution is 7.13. The molecule has 0 unspecified atom stereocenters. The smallest absolute Gasteiger partial charge is 0.185 e. The Balaban J connectivity index is 1.86. The van der Waals surface area contributed by atoms with Crippen molar-refractivity contribution in [1.29, 1.82) is 0 Å². The molecular weight excluding hydrogens is 262 g/mol. The fourth-order valence-corrected chi connectivity index (χ4v) is 2.95. The number of anilines is 1. The SMILES string of the molecule is COCCNCc1csc(N2CCOC(C)(C)C2)n1. The van der Waals surface area contributed by atoms with Crippen LogP contribution >= 0.6 is 11.3 Å². The van der Waals surface area contributed by atoms with E-state index >= 15 is 0 Å². The third kappa shape index (κ3) is 4.42. The number of rotatable bonds is 6. The molecule has 5 nitrogen and oxygen atoms in total. The van der Waals surface area contributed by atoms with Gasteiger partial charge in [0.1, 0.15) is 0 Å². The Labute approximate surface area is 118 Å². The van der Waals surface area contributed by atoms with E-state index in [4.69, 9.17) is 9.47 Å². The molecule has 0 aliphatic carbocycles. The monoisotopic (exact) mass is 285 g/mol. The summed E-state index contributed by atoms with van der Waals surface area (Å²) in [5, 5.41) is 6.53. The number of nitrogens with one attached hydrogen (secondary N) is 1. The zero-order valence-corrected chi connectivity index (χ0v) is 12.8. The lowest BCUT2D eigenvalue weighted by molar-refractivity contribution is -0.0277. The molecule has 1 aromatic rings. The minimum absolute atomic E-state index is 0.0825. The molecule has 6 heteroatoms. The standard InChI is InChI=1S/C13H23N3O2S/c1-13(2)10-16(5-7-18-13)12-15-11(9-19-12)8-14-4-6-17-3/h9,14H,4-8,10H2,1-3H3. The fourth-order valence-electron chi connectivity index (χ4n) is 2.09. The van der Waals surface area contributed by atoms with Gasteiger partial charge in [-0.3, -0.25) is 0 Å². The molecule has 19 heavy (non-hydrogen) atoms. The lowest BCUT2D eigenvalue weighted by Crippen LogP contribution is -2.48. The molecule has 1 aliphatic rings. The summed E-state index contributed by atoms with van der Waals surface area (Å²) in [6.45, 7) is 9.23. The van der Waals surface area contributed by atoms with Gasteiger partial charge in [0.25, 0.3) is 0 Å². The number of hydrogen-bond acceptors (Lipinski definition) is 6. The van der Waals surface area contributed by atoms with Crippen LogP contribution in [0.1, 0.15) is 19.5 Å². The van der Waals surface area contributed by atoms with Gasteiger partial charge in [0.05, 0.1) is 24.5 Å². The van der Waals surface area contributed by atoms with Gasteiger partial charge in [-0.1, -0.05) is 0 Å². The van der Waals surface area contributed by atoms with E-state index in [-0.39, 0.29) is 5.60 Å². The van der Waals surface area contributed by atoms with E-state index < -0.39 is 0 Å². The van der Waals surface area contributed by atoms with Crippen LogP contribution in [0, 0.1) is 0 Å². The second kappa shape index (κ2) is 6.65. The van der Waals surface area contributed by atoms with Crippen LogP contribution in [0.3, 0.4) is 0 Å². The molecule has 0 amide bonds. The molecule has 0 saturated carbocycles. The van der Waals surface area contributed by atoms with Crippen molar-refractivity contribution in [2.24, 2.45) is 0 Å². The molecule has 0 aromatic carbocycles. The van der Waals surface area contributed by atoms with Gasteiger partial charge in [-0.05, 0) is 13.8 Å². The number of morpholine rings is 1. The highest BCUT2D eigenvalue weighted by Crippen LogP contribution is 2.26. The Bertz CT molecular complexity index is 395. The molecule has 1 aromatic heterocycles. The summed E-state index contributed by atoms with van der Waals surface area (Å²) in [4.78, 5) is 7.00. The van der Waals surface area contributed by atoms with Crippen LogP contribution in [0.25, 0.3) is 0 Å². The Morgan fingerprint density at radius 1 is 1.58 bits per heavy atom. The Kier molecular flexibility index (Phi) is 5.15. The van der Waals surface area contributed by atoms with Crippen LogP contribution in [0.5, 0.6) is 0 Å². The van der Waals surface area contributed by atoms with Crippen LogP contribution in [-0.4, -0.2) is 50.5 Å². The molecule has 1 fully saturated rings. The van der Waals surface area contributed by atoms with E-state index in [9.17, 15) is 0 Å². The molecule has 0 bridgehead atoms. The van der Waals surface area contributed by atoms with Gasteiger partial charge in [-0.25, -0.2) is 4.98 Å². The predicted molar refractivity (Wildman–Crippen MR) is 77.9 cm³/mol. The van der Waals surface area contributed by atoms with Gasteiger partial charge in [-0.2, -0.15) is 0 Å². The summed E-state index contributed by atoms with van der Waals surface area (Å²) in [5.74, 6) is 0. The van der Waals surface area contributed by atoms with Crippen LogP contribution < -0.4 is 10.2 Å². The minimum Gasteiger partial charge on any atom is -0.383 e. The first kappa shape index (κ1) is 14.7. The summed E-state index contributed by atoms with van der Waals surface area (Å²) < 4.78 is 10.7. The van der Waals surface area contributed by atoms with Crippen molar-refractivity contribution < 1.29 is 9.47 Å². The van der Waals surface area contributed by atoms with Gasteiger partial charge >= 0.3 is 0 Å². The molecule has 1 N–H and O–H groups in total. The number of methoxy groups -OCH3 is 1. The molecule has 0 atom stereocenters. The van der Waals surface area contributed by atoms with Gasteiger partial charge < -0.3 is 19.7 Å². The minimum atomic E-state index is -0.0825. The Morgan fingerprint density at radius 3 is 3.16 bits per heavy atom. The first-order chi connectivity index (χ1) is 9.11. The highest BCUT2D eigenvalue weighted by atomic mass is 32.1. The third-order valence-corrected chi connectivity index (χ3v) is 3.98. The van der Waals surface area contributed by atoms with Crippen molar-refractivity contribution in [1.82, 2.24) is 10.3 Å². The quantitative estimate of drug-likeness (QED) is 0.803. The van der Waals surface area contributed by atoms with E-state index in [2.05, 4.69) is 34.4 Å². The van der Waals surface area contributed by atoms with Crippen molar-refractivity contribution in [3.8, 4) is 0 Å². The number of nitrogens with zero attached hydrogens (tertiary/aromatic N) is 2. The summed E-state index contributed by atoms with van der Waals surface area (Å²) >= 11 is 1.71. The number of thiazole rings is 1. The lowest BCUT2D eigenvalue weighted by atomic mass is 10.1. The van der Waals surface area contributed by atoms with E-state index in [0.717, 1.165) is 50.2 Å². The second-order valence-electron chi connectivity index (χ2n) is 5.32. The van der Waals surface area contributed by atoms with Crippen molar-refractivity contribution >= 4 is 16.5 Å². The summed E-state index contributed by atoms with van der Waals surface area (Å²) in [7, 11) is 1.71. The molecule has 1 saturated heterocycles. The fraction of sp³-hybridized carbons (Fsp3) is 0.769. The summed E-state index contributed by atoms with van der Waals surface area (Å²) in [6.07, 6.45) is 0. The highest BCUT2D eigenvalue weighted by Gasteiger charge is 2.28. The van der Waals surface area contributed by atoms with Gasteiger partial charge in [-0.15, -0.1) is 11.3 Å². The van der Waals surface area contributed by atoms with Crippen molar-refractivity contribution in [2.45, 2.75) is 26.0 Å². The topological polar surface area (TPSA) is 46.6 Å². The molecule has 0 spiro atoms. The Hall–Kier alpha value is -0.690. The van der Waals surface area contributed by atoms with Crippen LogP contribution in [0.4, 0.5) is 5.13 Å². The second-order valence-corrected chi connectivity index (χ2v) is 6.16. The van der Waals surface area contributed by atoms with Gasteiger partial charge in [0.15, 0.2) is 5.13 Å². The normalized spacial score (nSPS) is 18.8. The number of hydrogen-bond donors (Lipinski definition) is 1. The predicted octanol–water partition coefficient (Wildman–Crippen LogP) is 1.49. The van der Waals surface area contributed by atoms with Gasteiger partial charge in [0.2, 0.25) is 0 Å². The largest absolute Gasteiger partial charge is 0.383 e. The maximum absolute atomic E-state index is 5.72. The molecular formula is C13H23N3O2S. The molecule has 1 aliphatic heterocycles. The number of ether oxygens (including phenoxy) is 2. The maximum atomic E-state index is 5.72. The lowest BCUT2D eigenvalue weighted by Gasteiger charge is -2.37. The van der Waals surface area contributed by atoms with E-state index in [1.807, 2.05) is 0 Å². The van der Waals surface area contributed by atoms with Crippen molar-refractivity contribution in [3.63, 3.8) is 0 Å². The van der Waals surface area contributed by atoms with E-state index in [0.29, 0.717) is 0 Å². The zero-order chi connectivity index (χ0) is 13.7. The van der Waals surface area contributed by atoms with Crippen LogP contribution in [-0.2, 0) is 16.0 Å². The van der Waals surface area contributed by atoms with E-state index in [1.54, 1.807) is 18.4 Å². The van der Waals surface area contributed by atoms with Crippen molar-refractivity contribution in [3.05, 3.63) is 11.1 Å². The summed E-state index contributed by atoms with van der Waals surface area (Å²) in [6, 6.07) is 0. The number of aromatic nitrogens is 1. The molecule has 108 valence electrons. The first-order valence-corrected chi connectivity index (χ1v) is 7.52. The van der Waals surface area contributed by atoms with Gasteiger partial charge in [0, 0.05) is 38.7 Å². The van der Waals surface area contributed by atoms with Crippen LogP contribution in [0.2, 0.25) is 0 Å².